The van der Waals surface area contributed by atoms with Crippen LogP contribution in [0.2, 0.25) is 0 Å². The highest BCUT2D eigenvalue weighted by Gasteiger charge is 2.17. The summed E-state index contributed by atoms with van der Waals surface area (Å²) in [6, 6.07) is 11.9. The van der Waals surface area contributed by atoms with Crippen molar-refractivity contribution in [2.24, 2.45) is 0 Å². The monoisotopic (exact) mass is 367 g/mol. The number of fused-ring (bicyclic) bond motifs is 1. The molecule has 2 heterocycles. The molecule has 0 aliphatic heterocycles. The third-order valence-corrected chi connectivity index (χ3v) is 3.94. The molecule has 1 aromatic carbocycles. The Balaban J connectivity index is 1.44. The lowest BCUT2D eigenvalue weighted by Gasteiger charge is -2.05. The third-order valence-electron chi connectivity index (χ3n) is 3.94. The van der Waals surface area contributed by atoms with Crippen LogP contribution in [0.5, 0.6) is 0 Å². The second-order valence-corrected chi connectivity index (χ2v) is 6.20. The molecule has 0 spiro atoms. The van der Waals surface area contributed by atoms with Gasteiger partial charge < -0.3 is 10.1 Å². The van der Waals surface area contributed by atoms with Gasteiger partial charge >= 0.3 is 5.97 Å². The Bertz CT molecular complexity index is 953. The van der Waals surface area contributed by atoms with Crippen LogP contribution in [0, 0.1) is 13.8 Å². The summed E-state index contributed by atoms with van der Waals surface area (Å²) in [7, 11) is 0. The van der Waals surface area contributed by atoms with Crippen LogP contribution in [-0.2, 0) is 16.0 Å². The predicted octanol–water partition coefficient (Wildman–Crippen LogP) is 1.65. The molecule has 2 aromatic heterocycles. The molecule has 27 heavy (non-hydrogen) atoms. The molecule has 1 amide bonds. The summed E-state index contributed by atoms with van der Waals surface area (Å²) >= 11 is 0. The number of benzene rings is 1. The lowest BCUT2D eigenvalue weighted by molar-refractivity contribution is -0.124. The van der Waals surface area contributed by atoms with Gasteiger partial charge in [-0.1, -0.05) is 30.3 Å². The topological polar surface area (TPSA) is 98.5 Å². The fourth-order valence-electron chi connectivity index (χ4n) is 2.66. The molecule has 0 aliphatic carbocycles. The Morgan fingerprint density at radius 3 is 2.70 bits per heavy atom. The standard InChI is InChI=1S/C19H21N5O3/c1-13-11-14(2)24-19(21-13)22-17(23-24)18(26)27-12-16(25)20-10-6-9-15-7-4-3-5-8-15/h3-5,7-8,11H,6,9-10,12H2,1-2H3,(H,20,25). The van der Waals surface area contributed by atoms with E-state index in [9.17, 15) is 9.59 Å². The van der Waals surface area contributed by atoms with Crippen molar-refractivity contribution in [3.63, 3.8) is 0 Å². The van der Waals surface area contributed by atoms with E-state index in [1.807, 2.05) is 50.2 Å². The summed E-state index contributed by atoms with van der Waals surface area (Å²) in [5, 5.41) is 6.81. The summed E-state index contributed by atoms with van der Waals surface area (Å²) in [4.78, 5) is 32.1. The number of hydrogen-bond donors (Lipinski definition) is 1. The summed E-state index contributed by atoms with van der Waals surface area (Å²) < 4.78 is 6.45. The van der Waals surface area contributed by atoms with Crippen molar-refractivity contribution < 1.29 is 14.3 Å². The average Bonchev–Trinajstić information content (AvgIpc) is 3.08. The second kappa shape index (κ2) is 8.39. The highest BCUT2D eigenvalue weighted by Crippen LogP contribution is 2.06. The Morgan fingerprint density at radius 1 is 1.15 bits per heavy atom. The third kappa shape index (κ3) is 4.87. The maximum absolute atomic E-state index is 12.1. The molecule has 3 rings (SSSR count). The Morgan fingerprint density at radius 2 is 1.93 bits per heavy atom. The van der Waals surface area contributed by atoms with Crippen molar-refractivity contribution in [1.82, 2.24) is 24.9 Å². The van der Waals surface area contributed by atoms with E-state index in [-0.39, 0.29) is 18.3 Å². The van der Waals surface area contributed by atoms with Crippen LogP contribution in [0.25, 0.3) is 5.78 Å². The number of ether oxygens (including phenoxy) is 1. The number of carbonyl (C=O) groups excluding carboxylic acids is 2. The zero-order valence-corrected chi connectivity index (χ0v) is 15.3. The van der Waals surface area contributed by atoms with Gasteiger partial charge in [-0.25, -0.2) is 14.3 Å². The Labute approximate surface area is 156 Å². The summed E-state index contributed by atoms with van der Waals surface area (Å²) in [5.41, 5.74) is 2.80. The van der Waals surface area contributed by atoms with E-state index in [2.05, 4.69) is 20.4 Å². The van der Waals surface area contributed by atoms with Crippen LogP contribution in [0.3, 0.4) is 0 Å². The van der Waals surface area contributed by atoms with Gasteiger partial charge in [0.1, 0.15) is 0 Å². The van der Waals surface area contributed by atoms with E-state index in [0.29, 0.717) is 12.3 Å². The van der Waals surface area contributed by atoms with Crippen LogP contribution in [0.4, 0.5) is 0 Å². The molecular formula is C19H21N5O3. The van der Waals surface area contributed by atoms with E-state index in [0.717, 1.165) is 24.2 Å². The van der Waals surface area contributed by atoms with E-state index in [1.165, 1.54) is 10.1 Å². The number of aromatic nitrogens is 4. The highest BCUT2D eigenvalue weighted by atomic mass is 16.5. The molecule has 8 nitrogen and oxygen atoms in total. The lowest BCUT2D eigenvalue weighted by atomic mass is 10.1. The number of nitrogens with one attached hydrogen (secondary N) is 1. The molecule has 0 atom stereocenters. The molecule has 0 aliphatic rings. The second-order valence-electron chi connectivity index (χ2n) is 6.20. The van der Waals surface area contributed by atoms with Gasteiger partial charge in [0, 0.05) is 17.9 Å². The van der Waals surface area contributed by atoms with Crippen LogP contribution in [0.15, 0.2) is 36.4 Å². The zero-order valence-electron chi connectivity index (χ0n) is 15.3. The summed E-state index contributed by atoms with van der Waals surface area (Å²) in [5.74, 6) is -0.903. The fourth-order valence-corrected chi connectivity index (χ4v) is 2.66. The molecule has 1 N–H and O–H groups in total. The van der Waals surface area contributed by atoms with E-state index in [4.69, 9.17) is 4.74 Å². The number of nitrogens with zero attached hydrogens (tertiary/aromatic N) is 4. The van der Waals surface area contributed by atoms with Gasteiger partial charge in [-0.3, -0.25) is 4.79 Å². The SMILES string of the molecule is Cc1cc(C)n2nc(C(=O)OCC(=O)NCCCc3ccccc3)nc2n1. The Kier molecular flexibility index (Phi) is 5.75. The van der Waals surface area contributed by atoms with Gasteiger partial charge in [-0.2, -0.15) is 4.98 Å². The largest absolute Gasteiger partial charge is 0.450 e. The zero-order chi connectivity index (χ0) is 19.2. The Hall–Kier alpha value is -3.29. The van der Waals surface area contributed by atoms with Gasteiger partial charge in [-0.05, 0) is 38.3 Å². The molecular weight excluding hydrogens is 346 g/mol. The van der Waals surface area contributed by atoms with Crippen LogP contribution >= 0.6 is 0 Å². The van der Waals surface area contributed by atoms with Crippen molar-refractivity contribution >= 4 is 17.7 Å². The van der Waals surface area contributed by atoms with E-state index < -0.39 is 5.97 Å². The molecule has 0 saturated carbocycles. The maximum Gasteiger partial charge on any atom is 0.378 e. The van der Waals surface area contributed by atoms with Crippen LogP contribution < -0.4 is 5.32 Å². The number of hydrogen-bond acceptors (Lipinski definition) is 6. The van der Waals surface area contributed by atoms with Gasteiger partial charge in [0.05, 0.1) is 0 Å². The minimum atomic E-state index is -0.753. The smallest absolute Gasteiger partial charge is 0.378 e. The van der Waals surface area contributed by atoms with Gasteiger partial charge in [0.2, 0.25) is 0 Å². The van der Waals surface area contributed by atoms with Crippen LogP contribution in [-0.4, -0.2) is 44.6 Å². The molecule has 140 valence electrons. The van der Waals surface area contributed by atoms with E-state index in [1.54, 1.807) is 0 Å². The van der Waals surface area contributed by atoms with Crippen molar-refractivity contribution in [3.05, 3.63) is 59.2 Å². The predicted molar refractivity (Wildman–Crippen MR) is 98.3 cm³/mol. The first-order valence-electron chi connectivity index (χ1n) is 8.71. The van der Waals surface area contributed by atoms with Crippen LogP contribution in [0.1, 0.15) is 34.0 Å². The molecule has 3 aromatic rings. The molecule has 0 bridgehead atoms. The first-order valence-corrected chi connectivity index (χ1v) is 8.71. The average molecular weight is 367 g/mol. The van der Waals surface area contributed by atoms with Crippen molar-refractivity contribution in [1.29, 1.82) is 0 Å². The number of aryl methyl sites for hydroxylation is 3. The van der Waals surface area contributed by atoms with Gasteiger partial charge in [0.25, 0.3) is 17.5 Å². The molecule has 0 radical (unpaired) electrons. The minimum Gasteiger partial charge on any atom is -0.450 e. The van der Waals surface area contributed by atoms with Crippen molar-refractivity contribution in [2.45, 2.75) is 26.7 Å². The number of rotatable bonds is 7. The normalized spacial score (nSPS) is 10.7. The summed E-state index contributed by atoms with van der Waals surface area (Å²) in [6.45, 7) is 3.82. The number of amides is 1. The first-order chi connectivity index (χ1) is 13.0. The van der Waals surface area contributed by atoms with Crippen molar-refractivity contribution in [2.75, 3.05) is 13.2 Å². The van der Waals surface area contributed by atoms with E-state index >= 15 is 0 Å². The molecule has 8 heteroatoms. The number of carbonyl (C=O) groups is 2. The lowest BCUT2D eigenvalue weighted by Crippen LogP contribution is -2.30. The van der Waals surface area contributed by atoms with Crippen molar-refractivity contribution in [3.8, 4) is 0 Å². The minimum absolute atomic E-state index is 0.118. The quantitative estimate of drug-likeness (QED) is 0.504. The number of esters is 1. The molecule has 0 fully saturated rings. The van der Waals surface area contributed by atoms with Gasteiger partial charge in [-0.15, -0.1) is 5.10 Å². The molecule has 0 unspecified atom stereocenters. The first kappa shape index (κ1) is 18.5. The maximum atomic E-state index is 12.1. The van der Waals surface area contributed by atoms with Gasteiger partial charge in [0.15, 0.2) is 6.61 Å². The summed E-state index contributed by atoms with van der Waals surface area (Å²) in [6.07, 6.45) is 1.68. The molecule has 0 saturated heterocycles. The highest BCUT2D eigenvalue weighted by molar-refractivity contribution is 5.88. The fraction of sp³-hybridized carbons (Fsp3) is 0.316.